The van der Waals surface area contributed by atoms with Crippen LogP contribution in [0.15, 0.2) is 35.5 Å². The summed E-state index contributed by atoms with van der Waals surface area (Å²) >= 11 is 6.09. The molecule has 0 unspecified atom stereocenters. The van der Waals surface area contributed by atoms with E-state index in [2.05, 4.69) is 9.98 Å². The molecule has 1 aliphatic heterocycles. The predicted molar refractivity (Wildman–Crippen MR) is 73.2 cm³/mol. The lowest BCUT2D eigenvalue weighted by atomic mass is 9.93. The summed E-state index contributed by atoms with van der Waals surface area (Å²) in [6.45, 7) is 0.623. The van der Waals surface area contributed by atoms with Crippen molar-refractivity contribution in [3.8, 4) is 11.5 Å². The summed E-state index contributed by atoms with van der Waals surface area (Å²) in [6.07, 6.45) is 2.34. The highest BCUT2D eigenvalue weighted by atomic mass is 35.5. The first kappa shape index (κ1) is 12.0. The van der Waals surface area contributed by atoms with Crippen molar-refractivity contribution in [2.24, 2.45) is 4.99 Å². The van der Waals surface area contributed by atoms with Crippen molar-refractivity contribution in [1.82, 2.24) is 4.98 Å². The second-order valence-corrected chi connectivity index (χ2v) is 4.68. The molecule has 0 radical (unpaired) electrons. The number of halogens is 1. The molecule has 0 aliphatic carbocycles. The summed E-state index contributed by atoms with van der Waals surface area (Å²) in [5.74, 6) is -0.273. The van der Waals surface area contributed by atoms with Crippen molar-refractivity contribution in [2.45, 2.75) is 6.42 Å². The van der Waals surface area contributed by atoms with Crippen molar-refractivity contribution in [3.05, 3.63) is 52.3 Å². The second-order valence-electron chi connectivity index (χ2n) is 4.32. The summed E-state index contributed by atoms with van der Waals surface area (Å²) in [4.78, 5) is 8.51. The molecule has 2 heterocycles. The second kappa shape index (κ2) is 4.55. The Bertz CT molecular complexity index is 683. The van der Waals surface area contributed by atoms with E-state index in [1.54, 1.807) is 18.3 Å². The van der Waals surface area contributed by atoms with Gasteiger partial charge in [0.2, 0.25) is 0 Å². The first-order chi connectivity index (χ1) is 9.16. The van der Waals surface area contributed by atoms with Crippen LogP contribution in [0.25, 0.3) is 0 Å². The normalized spacial score (nSPS) is 13.8. The Hall–Kier alpha value is -2.07. The molecule has 0 atom stereocenters. The van der Waals surface area contributed by atoms with E-state index in [1.165, 1.54) is 6.07 Å². The van der Waals surface area contributed by atoms with E-state index in [9.17, 15) is 10.2 Å². The summed E-state index contributed by atoms with van der Waals surface area (Å²) in [7, 11) is 0. The average Bonchev–Trinajstić information content (AvgIpc) is 2.40. The lowest BCUT2D eigenvalue weighted by Gasteiger charge is -2.18. The molecule has 3 rings (SSSR count). The third-order valence-electron chi connectivity index (χ3n) is 3.12. The van der Waals surface area contributed by atoms with Crippen LogP contribution in [0.4, 0.5) is 0 Å². The molecule has 2 aromatic rings. The summed E-state index contributed by atoms with van der Waals surface area (Å²) in [5.41, 5.74) is 3.17. The molecule has 0 saturated carbocycles. The summed E-state index contributed by atoms with van der Waals surface area (Å²) < 4.78 is 0. The minimum atomic E-state index is -0.159. The fraction of sp³-hybridized carbons (Fsp3) is 0.143. The lowest BCUT2D eigenvalue weighted by Crippen LogP contribution is -2.14. The molecule has 0 fully saturated rings. The first-order valence-corrected chi connectivity index (χ1v) is 6.25. The van der Waals surface area contributed by atoms with Gasteiger partial charge >= 0.3 is 0 Å². The molecular weight excluding hydrogens is 264 g/mol. The van der Waals surface area contributed by atoms with Crippen LogP contribution < -0.4 is 0 Å². The minimum absolute atomic E-state index is 0.114. The quantitative estimate of drug-likeness (QED) is 0.620. The fourth-order valence-corrected chi connectivity index (χ4v) is 2.42. The maximum Gasteiger partial charge on any atom is 0.158 e. The number of aliphatic imine (C=N–C) groups is 1. The molecule has 0 saturated heterocycles. The average molecular weight is 275 g/mol. The number of pyridine rings is 1. The van der Waals surface area contributed by atoms with Gasteiger partial charge in [0.1, 0.15) is 5.15 Å². The van der Waals surface area contributed by atoms with Crippen molar-refractivity contribution in [1.29, 1.82) is 0 Å². The fourth-order valence-electron chi connectivity index (χ4n) is 2.21. The molecule has 96 valence electrons. The molecule has 0 amide bonds. The maximum atomic E-state index is 9.66. The number of hydrogen-bond donors (Lipinski definition) is 2. The van der Waals surface area contributed by atoms with Gasteiger partial charge in [0.05, 0.1) is 5.71 Å². The zero-order valence-corrected chi connectivity index (χ0v) is 10.7. The van der Waals surface area contributed by atoms with E-state index in [-0.39, 0.29) is 11.5 Å². The van der Waals surface area contributed by atoms with Gasteiger partial charge in [-0.05, 0) is 36.2 Å². The number of benzene rings is 1. The summed E-state index contributed by atoms with van der Waals surface area (Å²) in [5, 5.41) is 19.6. The van der Waals surface area contributed by atoms with Gasteiger partial charge in [-0.3, -0.25) is 4.99 Å². The van der Waals surface area contributed by atoms with Crippen LogP contribution in [0.1, 0.15) is 16.7 Å². The Labute approximate surface area is 115 Å². The number of fused-ring (bicyclic) bond motifs is 1. The van der Waals surface area contributed by atoms with Crippen molar-refractivity contribution in [2.75, 3.05) is 6.54 Å². The highest BCUT2D eigenvalue weighted by molar-refractivity contribution is 6.34. The van der Waals surface area contributed by atoms with Gasteiger partial charge in [-0.15, -0.1) is 0 Å². The van der Waals surface area contributed by atoms with Gasteiger partial charge < -0.3 is 10.2 Å². The summed E-state index contributed by atoms with van der Waals surface area (Å²) in [6, 6.07) is 6.72. The topological polar surface area (TPSA) is 65.7 Å². The number of nitrogens with zero attached hydrogens (tertiary/aromatic N) is 2. The third-order valence-corrected chi connectivity index (χ3v) is 3.42. The van der Waals surface area contributed by atoms with Crippen molar-refractivity contribution in [3.63, 3.8) is 0 Å². The number of rotatable bonds is 1. The SMILES string of the molecule is Oc1cc2c(cc1O)C(c1cccnc1Cl)=NCC2. The Morgan fingerprint density at radius 3 is 2.68 bits per heavy atom. The Morgan fingerprint density at radius 2 is 1.89 bits per heavy atom. The number of phenolic OH excluding ortho intramolecular Hbond substituents is 2. The van der Waals surface area contributed by atoms with E-state index in [0.29, 0.717) is 17.4 Å². The Balaban J connectivity index is 2.19. The van der Waals surface area contributed by atoms with Gasteiger partial charge in [-0.1, -0.05) is 11.6 Å². The van der Waals surface area contributed by atoms with Gasteiger partial charge in [0, 0.05) is 23.9 Å². The van der Waals surface area contributed by atoms with Gasteiger partial charge in [-0.25, -0.2) is 4.98 Å². The zero-order chi connectivity index (χ0) is 13.4. The molecule has 4 nitrogen and oxygen atoms in total. The van der Waals surface area contributed by atoms with Crippen LogP contribution in [0.3, 0.4) is 0 Å². The molecule has 1 aromatic heterocycles. The molecule has 0 spiro atoms. The number of aromatic hydroxyl groups is 2. The monoisotopic (exact) mass is 274 g/mol. The van der Waals surface area contributed by atoms with E-state index >= 15 is 0 Å². The van der Waals surface area contributed by atoms with Crippen LogP contribution in [0.2, 0.25) is 5.15 Å². The molecule has 0 bridgehead atoms. The van der Waals surface area contributed by atoms with Crippen LogP contribution in [-0.4, -0.2) is 27.5 Å². The van der Waals surface area contributed by atoms with Gasteiger partial charge in [-0.2, -0.15) is 0 Å². The Morgan fingerprint density at radius 1 is 1.11 bits per heavy atom. The molecule has 19 heavy (non-hydrogen) atoms. The highest BCUT2D eigenvalue weighted by Gasteiger charge is 2.20. The van der Waals surface area contributed by atoms with Crippen molar-refractivity contribution < 1.29 is 10.2 Å². The smallest absolute Gasteiger partial charge is 0.158 e. The van der Waals surface area contributed by atoms with Crippen LogP contribution in [0.5, 0.6) is 11.5 Å². The van der Waals surface area contributed by atoms with E-state index in [1.807, 2.05) is 6.07 Å². The Kier molecular flexibility index (Phi) is 2.87. The maximum absolute atomic E-state index is 9.66. The van der Waals surface area contributed by atoms with Crippen LogP contribution in [0, 0.1) is 0 Å². The molecule has 1 aliphatic rings. The molecule has 1 aromatic carbocycles. The largest absolute Gasteiger partial charge is 0.504 e. The molecular formula is C14H11ClN2O2. The molecule has 2 N–H and O–H groups in total. The van der Waals surface area contributed by atoms with Gasteiger partial charge in [0.25, 0.3) is 0 Å². The predicted octanol–water partition coefficient (Wildman–Crippen LogP) is 2.54. The standard InChI is InChI=1S/C14H11ClN2O2/c15-14-9(2-1-4-17-14)13-10-7-12(19)11(18)6-8(10)3-5-16-13/h1-2,4,6-7,18-19H,3,5H2. The first-order valence-electron chi connectivity index (χ1n) is 5.87. The van der Waals surface area contributed by atoms with Crippen LogP contribution in [-0.2, 0) is 6.42 Å². The number of aromatic nitrogens is 1. The number of hydrogen-bond acceptors (Lipinski definition) is 4. The highest BCUT2D eigenvalue weighted by Crippen LogP contribution is 2.32. The van der Waals surface area contributed by atoms with E-state index < -0.39 is 0 Å². The van der Waals surface area contributed by atoms with E-state index in [0.717, 1.165) is 23.1 Å². The van der Waals surface area contributed by atoms with E-state index in [4.69, 9.17) is 11.6 Å². The van der Waals surface area contributed by atoms with Gasteiger partial charge in [0.15, 0.2) is 11.5 Å². The number of phenols is 2. The minimum Gasteiger partial charge on any atom is -0.504 e. The third kappa shape index (κ3) is 2.04. The van der Waals surface area contributed by atoms with Crippen molar-refractivity contribution >= 4 is 17.3 Å². The zero-order valence-electron chi connectivity index (χ0n) is 9.97. The molecule has 5 heteroatoms. The lowest BCUT2D eigenvalue weighted by molar-refractivity contribution is 0.403. The van der Waals surface area contributed by atoms with Crippen LogP contribution >= 0.6 is 11.6 Å².